The Hall–Kier alpha value is -1.35. The fourth-order valence-corrected chi connectivity index (χ4v) is 1.76. The van der Waals surface area contributed by atoms with E-state index in [1.807, 2.05) is 49.1 Å². The lowest BCUT2D eigenvalue weighted by Gasteiger charge is -2.27. The number of rotatable bonds is 6. The molecule has 3 heteroatoms. The molecule has 100 valence electrons. The number of nitrogens with zero attached hydrogens (tertiary/aromatic N) is 1. The number of hydrogen-bond donors (Lipinski definition) is 1. The summed E-state index contributed by atoms with van der Waals surface area (Å²) in [7, 11) is 0. The predicted octanol–water partition coefficient (Wildman–Crippen LogP) is 2.80. The van der Waals surface area contributed by atoms with Crippen molar-refractivity contribution >= 4 is 11.6 Å². The van der Waals surface area contributed by atoms with Crippen LogP contribution in [0, 0.1) is 5.92 Å². The summed E-state index contributed by atoms with van der Waals surface area (Å²) in [4.78, 5) is 14.2. The zero-order chi connectivity index (χ0) is 13.5. The van der Waals surface area contributed by atoms with Crippen molar-refractivity contribution in [3.05, 3.63) is 30.3 Å². The van der Waals surface area contributed by atoms with E-state index in [4.69, 9.17) is 5.73 Å². The third-order valence-corrected chi connectivity index (χ3v) is 3.07. The third-order valence-electron chi connectivity index (χ3n) is 3.07. The van der Waals surface area contributed by atoms with Gasteiger partial charge in [0, 0.05) is 12.2 Å². The van der Waals surface area contributed by atoms with Gasteiger partial charge in [0.25, 0.3) is 0 Å². The topological polar surface area (TPSA) is 46.3 Å². The van der Waals surface area contributed by atoms with Gasteiger partial charge < -0.3 is 10.6 Å². The van der Waals surface area contributed by atoms with E-state index < -0.39 is 6.04 Å². The molecule has 1 aromatic rings. The fourth-order valence-electron chi connectivity index (χ4n) is 1.76. The second kappa shape index (κ2) is 7.17. The summed E-state index contributed by atoms with van der Waals surface area (Å²) < 4.78 is 0. The largest absolute Gasteiger partial charge is 0.320 e. The number of carbonyl (C=O) groups is 1. The molecule has 0 aromatic heterocycles. The average molecular weight is 248 g/mol. The summed E-state index contributed by atoms with van der Waals surface area (Å²) >= 11 is 0. The van der Waals surface area contributed by atoms with Gasteiger partial charge in [-0.3, -0.25) is 4.79 Å². The van der Waals surface area contributed by atoms with Crippen LogP contribution in [0.1, 0.15) is 33.6 Å². The highest BCUT2D eigenvalue weighted by atomic mass is 16.2. The summed E-state index contributed by atoms with van der Waals surface area (Å²) in [6.07, 6.45) is 2.05. The lowest BCUT2D eigenvalue weighted by molar-refractivity contribution is -0.120. The number of para-hydroxylation sites is 1. The van der Waals surface area contributed by atoms with Crippen LogP contribution in [-0.4, -0.2) is 18.5 Å². The standard InChI is InChI=1S/C15H24N2O/c1-4-5-11-17(13-9-7-6-8-10-13)15(18)14(16)12(2)3/h6-10,12,14H,4-5,11,16H2,1-3H3/t14-/m0/s1. The molecule has 0 aliphatic rings. The van der Waals surface area contributed by atoms with Crippen molar-refractivity contribution in [1.82, 2.24) is 0 Å². The minimum atomic E-state index is -0.429. The molecule has 1 amide bonds. The van der Waals surface area contributed by atoms with Crippen LogP contribution in [0.2, 0.25) is 0 Å². The SMILES string of the molecule is CCCCN(C(=O)[C@@H](N)C(C)C)c1ccccc1. The number of benzene rings is 1. The Kier molecular flexibility index (Phi) is 5.86. The Morgan fingerprint density at radius 2 is 1.89 bits per heavy atom. The van der Waals surface area contributed by atoms with Gasteiger partial charge in [-0.05, 0) is 24.5 Å². The molecule has 0 saturated carbocycles. The number of unbranched alkanes of at least 4 members (excludes halogenated alkanes) is 1. The van der Waals surface area contributed by atoms with Crippen LogP contribution in [0.4, 0.5) is 5.69 Å². The van der Waals surface area contributed by atoms with E-state index in [1.54, 1.807) is 0 Å². The van der Waals surface area contributed by atoms with E-state index in [0.717, 1.165) is 25.1 Å². The van der Waals surface area contributed by atoms with Crippen LogP contribution < -0.4 is 10.6 Å². The van der Waals surface area contributed by atoms with Gasteiger partial charge in [-0.2, -0.15) is 0 Å². The maximum atomic E-state index is 12.4. The molecule has 1 aromatic carbocycles. The Morgan fingerprint density at radius 1 is 1.28 bits per heavy atom. The van der Waals surface area contributed by atoms with Crippen LogP contribution in [0.5, 0.6) is 0 Å². The molecular weight excluding hydrogens is 224 g/mol. The van der Waals surface area contributed by atoms with Gasteiger partial charge in [-0.15, -0.1) is 0 Å². The number of anilines is 1. The number of hydrogen-bond acceptors (Lipinski definition) is 2. The second-order valence-corrected chi connectivity index (χ2v) is 4.95. The minimum absolute atomic E-state index is 0.0182. The number of carbonyl (C=O) groups excluding carboxylic acids is 1. The molecule has 0 unspecified atom stereocenters. The summed E-state index contributed by atoms with van der Waals surface area (Å²) in [5.41, 5.74) is 6.92. The number of amides is 1. The fraction of sp³-hybridized carbons (Fsp3) is 0.533. The molecule has 0 fully saturated rings. The van der Waals surface area contributed by atoms with E-state index in [2.05, 4.69) is 6.92 Å². The van der Waals surface area contributed by atoms with E-state index >= 15 is 0 Å². The molecule has 0 radical (unpaired) electrons. The van der Waals surface area contributed by atoms with Crippen LogP contribution in [0.3, 0.4) is 0 Å². The molecule has 3 nitrogen and oxygen atoms in total. The third kappa shape index (κ3) is 3.84. The molecule has 0 aliphatic heterocycles. The van der Waals surface area contributed by atoms with Crippen LogP contribution in [0.15, 0.2) is 30.3 Å². The van der Waals surface area contributed by atoms with E-state index in [9.17, 15) is 4.79 Å². The lowest BCUT2D eigenvalue weighted by Crippen LogP contribution is -2.47. The summed E-state index contributed by atoms with van der Waals surface area (Å²) in [6.45, 7) is 6.81. The predicted molar refractivity (Wildman–Crippen MR) is 76.5 cm³/mol. The van der Waals surface area contributed by atoms with Gasteiger partial charge in [0.2, 0.25) is 5.91 Å². The van der Waals surface area contributed by atoms with Crippen LogP contribution in [-0.2, 0) is 4.79 Å². The Balaban J connectivity index is 2.88. The normalized spacial score (nSPS) is 12.5. The van der Waals surface area contributed by atoms with Gasteiger partial charge in [-0.25, -0.2) is 0 Å². The quantitative estimate of drug-likeness (QED) is 0.841. The minimum Gasteiger partial charge on any atom is -0.320 e. The molecule has 2 N–H and O–H groups in total. The van der Waals surface area contributed by atoms with E-state index in [-0.39, 0.29) is 11.8 Å². The van der Waals surface area contributed by atoms with Crippen molar-refractivity contribution in [1.29, 1.82) is 0 Å². The first-order chi connectivity index (χ1) is 8.57. The van der Waals surface area contributed by atoms with E-state index in [1.165, 1.54) is 0 Å². The zero-order valence-corrected chi connectivity index (χ0v) is 11.6. The molecule has 0 aliphatic carbocycles. The second-order valence-electron chi connectivity index (χ2n) is 4.95. The van der Waals surface area contributed by atoms with Crippen molar-refractivity contribution in [2.24, 2.45) is 11.7 Å². The molecule has 1 rings (SSSR count). The molecule has 18 heavy (non-hydrogen) atoms. The van der Waals surface area contributed by atoms with Crippen LogP contribution >= 0.6 is 0 Å². The van der Waals surface area contributed by atoms with Crippen molar-refractivity contribution in [2.45, 2.75) is 39.7 Å². The van der Waals surface area contributed by atoms with Gasteiger partial charge in [0.1, 0.15) is 0 Å². The first-order valence-electron chi connectivity index (χ1n) is 6.70. The molecule has 0 heterocycles. The highest BCUT2D eigenvalue weighted by molar-refractivity contribution is 5.97. The summed E-state index contributed by atoms with van der Waals surface area (Å²) in [6, 6.07) is 9.34. The Bertz CT molecular complexity index is 362. The van der Waals surface area contributed by atoms with Gasteiger partial charge in [0.05, 0.1) is 6.04 Å². The lowest BCUT2D eigenvalue weighted by atomic mass is 10.0. The molecule has 0 saturated heterocycles. The molecule has 0 bridgehead atoms. The van der Waals surface area contributed by atoms with Crippen molar-refractivity contribution < 1.29 is 4.79 Å². The van der Waals surface area contributed by atoms with Crippen molar-refractivity contribution in [3.8, 4) is 0 Å². The van der Waals surface area contributed by atoms with Crippen molar-refractivity contribution in [3.63, 3.8) is 0 Å². The molecular formula is C15H24N2O. The van der Waals surface area contributed by atoms with Crippen LogP contribution in [0.25, 0.3) is 0 Å². The Morgan fingerprint density at radius 3 is 2.39 bits per heavy atom. The molecule has 0 spiro atoms. The monoisotopic (exact) mass is 248 g/mol. The maximum absolute atomic E-state index is 12.4. The van der Waals surface area contributed by atoms with Gasteiger partial charge >= 0.3 is 0 Å². The smallest absolute Gasteiger partial charge is 0.244 e. The zero-order valence-electron chi connectivity index (χ0n) is 11.6. The average Bonchev–Trinajstić information content (AvgIpc) is 2.39. The summed E-state index contributed by atoms with van der Waals surface area (Å²) in [5, 5.41) is 0. The highest BCUT2D eigenvalue weighted by Crippen LogP contribution is 2.16. The van der Waals surface area contributed by atoms with Gasteiger partial charge in [0.15, 0.2) is 0 Å². The molecule has 1 atom stereocenters. The van der Waals surface area contributed by atoms with Gasteiger partial charge in [-0.1, -0.05) is 45.4 Å². The Labute approximate surface area is 110 Å². The first kappa shape index (κ1) is 14.7. The van der Waals surface area contributed by atoms with Crippen molar-refractivity contribution in [2.75, 3.05) is 11.4 Å². The highest BCUT2D eigenvalue weighted by Gasteiger charge is 2.24. The first-order valence-corrected chi connectivity index (χ1v) is 6.70. The van der Waals surface area contributed by atoms with E-state index in [0.29, 0.717) is 0 Å². The number of nitrogens with two attached hydrogens (primary N) is 1. The summed E-state index contributed by atoms with van der Waals surface area (Å²) in [5.74, 6) is 0.176. The maximum Gasteiger partial charge on any atom is 0.244 e.